The molecular formula is C13H11Br2N3O. The molecule has 1 amide bonds. The van der Waals surface area contributed by atoms with Crippen LogP contribution in [-0.4, -0.2) is 5.91 Å². The van der Waals surface area contributed by atoms with E-state index in [9.17, 15) is 4.79 Å². The van der Waals surface area contributed by atoms with Crippen LogP contribution in [0, 0.1) is 0 Å². The van der Waals surface area contributed by atoms with Gasteiger partial charge in [0.1, 0.15) is 0 Å². The van der Waals surface area contributed by atoms with Gasteiger partial charge < -0.3 is 16.8 Å². The van der Waals surface area contributed by atoms with Crippen molar-refractivity contribution in [3.05, 3.63) is 50.9 Å². The molecule has 0 heterocycles. The van der Waals surface area contributed by atoms with Crippen molar-refractivity contribution in [1.82, 2.24) is 0 Å². The van der Waals surface area contributed by atoms with Gasteiger partial charge in [0.25, 0.3) is 5.91 Å². The molecule has 0 saturated carbocycles. The molecule has 0 bridgehead atoms. The summed E-state index contributed by atoms with van der Waals surface area (Å²) < 4.78 is 1.79. The second-order valence-corrected chi connectivity index (χ2v) is 5.69. The van der Waals surface area contributed by atoms with Gasteiger partial charge in [0.15, 0.2) is 0 Å². The van der Waals surface area contributed by atoms with E-state index in [1.54, 1.807) is 18.2 Å². The second-order valence-electron chi connectivity index (χ2n) is 3.92. The van der Waals surface area contributed by atoms with Gasteiger partial charge in [-0.15, -0.1) is 0 Å². The Bertz CT molecular complexity index is 644. The first-order valence-electron chi connectivity index (χ1n) is 5.39. The zero-order valence-electron chi connectivity index (χ0n) is 9.78. The monoisotopic (exact) mass is 383 g/mol. The van der Waals surface area contributed by atoms with E-state index in [4.69, 9.17) is 11.5 Å². The fourth-order valence-corrected chi connectivity index (χ4v) is 2.33. The molecule has 0 aliphatic carbocycles. The lowest BCUT2D eigenvalue weighted by atomic mass is 10.1. The zero-order valence-corrected chi connectivity index (χ0v) is 13.0. The van der Waals surface area contributed by atoms with Gasteiger partial charge in [0.2, 0.25) is 0 Å². The molecule has 0 radical (unpaired) electrons. The third-order valence-corrected chi connectivity index (χ3v) is 3.69. The summed E-state index contributed by atoms with van der Waals surface area (Å²) in [5, 5.41) is 3.15. The number of hydrogen-bond donors (Lipinski definition) is 3. The summed E-state index contributed by atoms with van der Waals surface area (Å²) in [4.78, 5) is 11.4. The van der Waals surface area contributed by atoms with Crippen molar-refractivity contribution in [2.24, 2.45) is 5.73 Å². The Morgan fingerprint density at radius 1 is 1.05 bits per heavy atom. The molecule has 2 aromatic rings. The van der Waals surface area contributed by atoms with Crippen molar-refractivity contribution in [2.75, 3.05) is 11.1 Å². The van der Waals surface area contributed by atoms with Crippen LogP contribution in [0.3, 0.4) is 0 Å². The number of benzene rings is 2. The molecular weight excluding hydrogens is 374 g/mol. The van der Waals surface area contributed by atoms with E-state index in [1.807, 2.05) is 18.2 Å². The average Bonchev–Trinajstić information content (AvgIpc) is 2.33. The smallest absolute Gasteiger partial charge is 0.250 e. The maximum Gasteiger partial charge on any atom is 0.250 e. The number of halogens is 2. The summed E-state index contributed by atoms with van der Waals surface area (Å²) in [6.45, 7) is 0. The molecule has 0 aliphatic rings. The number of hydrogen-bond acceptors (Lipinski definition) is 3. The van der Waals surface area contributed by atoms with E-state index in [0.717, 1.165) is 14.6 Å². The number of carbonyl (C=O) groups excluding carboxylic acids is 1. The average molecular weight is 385 g/mol. The molecule has 2 rings (SSSR count). The van der Waals surface area contributed by atoms with Crippen molar-refractivity contribution in [2.45, 2.75) is 0 Å². The van der Waals surface area contributed by atoms with Gasteiger partial charge in [-0.1, -0.05) is 15.9 Å². The van der Waals surface area contributed by atoms with Crippen LogP contribution in [0.4, 0.5) is 17.1 Å². The highest BCUT2D eigenvalue weighted by atomic mass is 79.9. The summed E-state index contributed by atoms with van der Waals surface area (Å²) in [6.07, 6.45) is 0. The minimum Gasteiger partial charge on any atom is -0.399 e. The van der Waals surface area contributed by atoms with Gasteiger partial charge in [-0.3, -0.25) is 4.79 Å². The van der Waals surface area contributed by atoms with E-state index in [-0.39, 0.29) is 0 Å². The fourth-order valence-electron chi connectivity index (χ4n) is 1.62. The van der Waals surface area contributed by atoms with Gasteiger partial charge in [-0.2, -0.15) is 0 Å². The number of amides is 1. The van der Waals surface area contributed by atoms with Gasteiger partial charge in [-0.25, -0.2) is 0 Å². The van der Waals surface area contributed by atoms with Crippen LogP contribution in [0.1, 0.15) is 10.4 Å². The number of rotatable bonds is 3. The van der Waals surface area contributed by atoms with E-state index < -0.39 is 5.91 Å². The second kappa shape index (κ2) is 5.63. The molecule has 5 N–H and O–H groups in total. The molecule has 6 heteroatoms. The number of nitrogens with two attached hydrogens (primary N) is 2. The molecule has 0 unspecified atom stereocenters. The Morgan fingerprint density at radius 2 is 1.79 bits per heavy atom. The predicted octanol–water partition coefficient (Wildman–Crippen LogP) is 3.64. The molecule has 4 nitrogen and oxygen atoms in total. The number of nitrogens with one attached hydrogen (secondary N) is 1. The molecule has 0 atom stereocenters. The number of carbonyl (C=O) groups is 1. The lowest BCUT2D eigenvalue weighted by Crippen LogP contribution is -2.13. The van der Waals surface area contributed by atoms with E-state index in [0.29, 0.717) is 16.9 Å². The highest BCUT2D eigenvalue weighted by Crippen LogP contribution is 2.31. The van der Waals surface area contributed by atoms with Crippen LogP contribution >= 0.6 is 31.9 Å². The summed E-state index contributed by atoms with van der Waals surface area (Å²) in [6, 6.07) is 10.6. The molecule has 0 spiro atoms. The van der Waals surface area contributed by atoms with Crippen molar-refractivity contribution in [1.29, 1.82) is 0 Å². The maximum atomic E-state index is 11.4. The van der Waals surface area contributed by atoms with Gasteiger partial charge >= 0.3 is 0 Å². The summed E-state index contributed by atoms with van der Waals surface area (Å²) >= 11 is 6.83. The van der Waals surface area contributed by atoms with Gasteiger partial charge in [-0.05, 0) is 52.3 Å². The zero-order chi connectivity index (χ0) is 14.0. The maximum absolute atomic E-state index is 11.4. The first-order chi connectivity index (χ1) is 8.97. The number of anilines is 3. The Balaban J connectivity index is 2.45. The SMILES string of the molecule is NC(=O)c1ccc(N)cc1Nc1cc(Br)ccc1Br. The molecule has 98 valence electrons. The fraction of sp³-hybridized carbons (Fsp3) is 0. The van der Waals surface area contributed by atoms with Crippen LogP contribution in [0.25, 0.3) is 0 Å². The largest absolute Gasteiger partial charge is 0.399 e. The Hall–Kier alpha value is -1.53. The van der Waals surface area contributed by atoms with Crippen LogP contribution in [0.5, 0.6) is 0 Å². The third kappa shape index (κ3) is 3.27. The molecule has 0 aliphatic heterocycles. The minimum atomic E-state index is -0.506. The van der Waals surface area contributed by atoms with Crippen LogP contribution < -0.4 is 16.8 Å². The first kappa shape index (κ1) is 13.9. The molecule has 19 heavy (non-hydrogen) atoms. The predicted molar refractivity (Wildman–Crippen MR) is 84.5 cm³/mol. The molecule has 2 aromatic carbocycles. The molecule has 0 aromatic heterocycles. The quantitative estimate of drug-likeness (QED) is 0.706. The normalized spacial score (nSPS) is 10.2. The summed E-state index contributed by atoms with van der Waals surface area (Å²) in [5.41, 5.74) is 13.4. The topological polar surface area (TPSA) is 81.1 Å². The lowest BCUT2D eigenvalue weighted by Gasteiger charge is -2.12. The van der Waals surface area contributed by atoms with Crippen LogP contribution in [0.15, 0.2) is 45.3 Å². The summed E-state index contributed by atoms with van der Waals surface area (Å²) in [7, 11) is 0. The van der Waals surface area contributed by atoms with E-state index in [2.05, 4.69) is 37.2 Å². The van der Waals surface area contributed by atoms with Crippen molar-refractivity contribution >= 4 is 54.8 Å². The van der Waals surface area contributed by atoms with E-state index in [1.165, 1.54) is 0 Å². The van der Waals surface area contributed by atoms with Gasteiger partial charge in [0.05, 0.1) is 16.9 Å². The van der Waals surface area contributed by atoms with Crippen molar-refractivity contribution in [3.8, 4) is 0 Å². The standard InChI is InChI=1S/C13H11Br2N3O/c14-7-1-4-10(15)12(5-7)18-11-6-8(16)2-3-9(11)13(17)19/h1-6,18H,16H2,(H2,17,19). The highest BCUT2D eigenvalue weighted by molar-refractivity contribution is 9.11. The van der Waals surface area contributed by atoms with Gasteiger partial charge in [0, 0.05) is 14.6 Å². The number of primary amides is 1. The summed E-state index contributed by atoms with van der Waals surface area (Å²) in [5.74, 6) is -0.506. The van der Waals surface area contributed by atoms with Crippen molar-refractivity contribution < 1.29 is 4.79 Å². The van der Waals surface area contributed by atoms with Crippen LogP contribution in [-0.2, 0) is 0 Å². The third-order valence-electron chi connectivity index (χ3n) is 2.51. The van der Waals surface area contributed by atoms with Crippen LogP contribution in [0.2, 0.25) is 0 Å². The highest BCUT2D eigenvalue weighted by Gasteiger charge is 2.10. The Morgan fingerprint density at radius 3 is 2.47 bits per heavy atom. The first-order valence-corrected chi connectivity index (χ1v) is 6.97. The lowest BCUT2D eigenvalue weighted by molar-refractivity contribution is 0.100. The molecule has 0 fully saturated rings. The number of nitrogen functional groups attached to an aromatic ring is 1. The Labute approximate surface area is 127 Å². The van der Waals surface area contributed by atoms with E-state index >= 15 is 0 Å². The minimum absolute atomic E-state index is 0.390. The Kier molecular flexibility index (Phi) is 4.11. The molecule has 0 saturated heterocycles. The van der Waals surface area contributed by atoms with Crippen molar-refractivity contribution in [3.63, 3.8) is 0 Å².